The van der Waals surface area contributed by atoms with Gasteiger partial charge in [-0.3, -0.25) is 9.59 Å². The molecule has 0 heterocycles. The van der Waals surface area contributed by atoms with E-state index in [-0.39, 0.29) is 29.3 Å². The number of phenolic OH excluding ortho intramolecular Hbond substituents is 1. The van der Waals surface area contributed by atoms with Gasteiger partial charge in [-0.25, -0.2) is 0 Å². The Kier molecular flexibility index (Phi) is 3.61. The summed E-state index contributed by atoms with van der Waals surface area (Å²) in [4.78, 5) is 22.6. The van der Waals surface area contributed by atoms with Crippen LogP contribution in [0.4, 0.5) is 0 Å². The second kappa shape index (κ2) is 4.73. The second-order valence-electron chi connectivity index (χ2n) is 3.51. The fourth-order valence-electron chi connectivity index (χ4n) is 1.28. The first kappa shape index (κ1) is 11.4. The number of hydrogen-bond donors (Lipinski definition) is 1. The smallest absolute Gasteiger partial charge is 0.173 e. The van der Waals surface area contributed by atoms with Crippen LogP contribution in [0.25, 0.3) is 0 Å². The zero-order valence-electron chi connectivity index (χ0n) is 8.91. The fourth-order valence-corrected chi connectivity index (χ4v) is 1.28. The average Bonchev–Trinajstić information content (AvgIpc) is 2.17. The van der Waals surface area contributed by atoms with E-state index in [0.717, 1.165) is 5.56 Å². The maximum Gasteiger partial charge on any atom is 0.173 e. The maximum absolute atomic E-state index is 11.6. The molecule has 3 heteroatoms. The highest BCUT2D eigenvalue weighted by Gasteiger charge is 2.13. The van der Waals surface area contributed by atoms with Gasteiger partial charge in [0.25, 0.3) is 0 Å². The van der Waals surface area contributed by atoms with Crippen LogP contribution in [0.5, 0.6) is 5.75 Å². The molecule has 15 heavy (non-hydrogen) atoms. The van der Waals surface area contributed by atoms with Gasteiger partial charge < -0.3 is 5.11 Å². The van der Waals surface area contributed by atoms with E-state index in [4.69, 9.17) is 0 Å². The van der Waals surface area contributed by atoms with Crippen LogP contribution in [0.2, 0.25) is 0 Å². The number of phenols is 1. The van der Waals surface area contributed by atoms with Crippen molar-refractivity contribution in [3.8, 4) is 5.75 Å². The van der Waals surface area contributed by atoms with Crippen molar-refractivity contribution in [2.24, 2.45) is 0 Å². The van der Waals surface area contributed by atoms with Gasteiger partial charge in [0.15, 0.2) is 5.78 Å². The molecule has 3 nitrogen and oxygen atoms in total. The van der Waals surface area contributed by atoms with Crippen molar-refractivity contribution in [3.63, 3.8) is 0 Å². The van der Waals surface area contributed by atoms with Gasteiger partial charge in [0, 0.05) is 6.42 Å². The van der Waals surface area contributed by atoms with Crippen molar-refractivity contribution < 1.29 is 14.7 Å². The monoisotopic (exact) mass is 206 g/mol. The molecule has 0 atom stereocenters. The quantitative estimate of drug-likeness (QED) is 0.607. The van der Waals surface area contributed by atoms with Gasteiger partial charge in [-0.1, -0.05) is 13.0 Å². The minimum atomic E-state index is -0.320. The Labute approximate surface area is 88.7 Å². The molecule has 0 bridgehead atoms. The predicted octanol–water partition coefficient (Wildman–Crippen LogP) is 2.25. The van der Waals surface area contributed by atoms with Gasteiger partial charge in [0.05, 0.1) is 12.0 Å². The third kappa shape index (κ3) is 2.91. The van der Waals surface area contributed by atoms with Crippen molar-refractivity contribution in [2.75, 3.05) is 0 Å². The van der Waals surface area contributed by atoms with Crippen LogP contribution < -0.4 is 0 Å². The van der Waals surface area contributed by atoms with E-state index in [9.17, 15) is 14.7 Å². The molecule has 0 aliphatic heterocycles. The molecule has 1 N–H and O–H groups in total. The molecule has 1 aromatic rings. The molecule has 0 saturated carbocycles. The van der Waals surface area contributed by atoms with Gasteiger partial charge in [-0.05, 0) is 24.6 Å². The van der Waals surface area contributed by atoms with Gasteiger partial charge >= 0.3 is 0 Å². The Morgan fingerprint density at radius 1 is 1.33 bits per heavy atom. The maximum atomic E-state index is 11.6. The first-order chi connectivity index (χ1) is 7.04. The molecule has 0 spiro atoms. The number of ketones is 2. The molecular formula is C12H14O3. The molecule has 0 fully saturated rings. The molecule has 0 unspecified atom stereocenters. The van der Waals surface area contributed by atoms with E-state index < -0.39 is 0 Å². The van der Waals surface area contributed by atoms with Crippen LogP contribution in [-0.4, -0.2) is 16.7 Å². The highest BCUT2D eigenvalue weighted by atomic mass is 16.3. The second-order valence-corrected chi connectivity index (χ2v) is 3.51. The molecule has 80 valence electrons. The number of aryl methyl sites for hydroxylation is 1. The Morgan fingerprint density at radius 3 is 2.53 bits per heavy atom. The van der Waals surface area contributed by atoms with Crippen molar-refractivity contribution in [3.05, 3.63) is 29.3 Å². The zero-order chi connectivity index (χ0) is 11.4. The summed E-state index contributed by atoms with van der Waals surface area (Å²) < 4.78 is 0. The summed E-state index contributed by atoms with van der Waals surface area (Å²) in [7, 11) is 0. The SMILES string of the molecule is CCC(=O)CC(=O)c1ccc(C)cc1O. The predicted molar refractivity (Wildman–Crippen MR) is 57.1 cm³/mol. The Hall–Kier alpha value is -1.64. The number of Topliss-reactive ketones (excluding diaryl/α,β-unsaturated/α-hetero) is 2. The van der Waals surface area contributed by atoms with E-state index in [2.05, 4.69) is 0 Å². The largest absolute Gasteiger partial charge is 0.507 e. The Morgan fingerprint density at radius 2 is 2.00 bits per heavy atom. The van der Waals surface area contributed by atoms with Crippen molar-refractivity contribution >= 4 is 11.6 Å². The van der Waals surface area contributed by atoms with E-state index >= 15 is 0 Å². The topological polar surface area (TPSA) is 54.4 Å². The zero-order valence-corrected chi connectivity index (χ0v) is 8.91. The molecule has 1 rings (SSSR count). The summed E-state index contributed by atoms with van der Waals surface area (Å²) in [5.74, 6) is -0.483. The van der Waals surface area contributed by atoms with Crippen LogP contribution in [0.3, 0.4) is 0 Å². The average molecular weight is 206 g/mol. The van der Waals surface area contributed by atoms with Gasteiger partial charge in [0.1, 0.15) is 11.5 Å². The normalized spacial score (nSPS) is 10.0. The molecule has 1 aromatic carbocycles. The van der Waals surface area contributed by atoms with Crippen LogP contribution in [0.1, 0.15) is 35.7 Å². The summed E-state index contributed by atoms with van der Waals surface area (Å²) in [5.41, 5.74) is 1.10. The van der Waals surface area contributed by atoms with Crippen molar-refractivity contribution in [1.82, 2.24) is 0 Å². The van der Waals surface area contributed by atoms with Crippen LogP contribution in [0.15, 0.2) is 18.2 Å². The van der Waals surface area contributed by atoms with Crippen LogP contribution in [-0.2, 0) is 4.79 Å². The highest BCUT2D eigenvalue weighted by molar-refractivity contribution is 6.09. The first-order valence-electron chi connectivity index (χ1n) is 4.89. The minimum Gasteiger partial charge on any atom is -0.507 e. The lowest BCUT2D eigenvalue weighted by molar-refractivity contribution is -0.117. The molecule has 0 radical (unpaired) electrons. The fraction of sp³-hybridized carbons (Fsp3) is 0.333. The van der Waals surface area contributed by atoms with E-state index in [1.807, 2.05) is 6.92 Å². The third-order valence-electron chi connectivity index (χ3n) is 2.21. The summed E-state index contributed by atoms with van der Waals surface area (Å²) in [6, 6.07) is 4.81. The van der Waals surface area contributed by atoms with Gasteiger partial charge in [0.2, 0.25) is 0 Å². The Balaban J connectivity index is 2.87. The summed E-state index contributed by atoms with van der Waals surface area (Å²) in [6.07, 6.45) is 0.214. The molecule has 0 aliphatic carbocycles. The number of rotatable bonds is 4. The van der Waals surface area contributed by atoms with Crippen molar-refractivity contribution in [1.29, 1.82) is 0 Å². The number of carbonyl (C=O) groups is 2. The summed E-state index contributed by atoms with van der Waals surface area (Å²) in [6.45, 7) is 3.54. The first-order valence-corrected chi connectivity index (χ1v) is 4.89. The summed E-state index contributed by atoms with van der Waals surface area (Å²) in [5, 5.41) is 9.52. The van der Waals surface area contributed by atoms with Crippen LogP contribution >= 0.6 is 0 Å². The van der Waals surface area contributed by atoms with E-state index in [1.165, 1.54) is 6.07 Å². The molecule has 0 amide bonds. The lowest BCUT2D eigenvalue weighted by Crippen LogP contribution is -2.07. The molecule has 0 saturated heterocycles. The third-order valence-corrected chi connectivity index (χ3v) is 2.21. The van der Waals surface area contributed by atoms with Crippen molar-refractivity contribution in [2.45, 2.75) is 26.7 Å². The number of benzene rings is 1. The minimum absolute atomic E-state index is 0.0519. The van der Waals surface area contributed by atoms with Gasteiger partial charge in [-0.2, -0.15) is 0 Å². The standard InChI is InChI=1S/C12H14O3/c1-3-9(13)7-12(15)10-5-4-8(2)6-11(10)14/h4-6,14H,3,7H2,1-2H3. The number of carbonyl (C=O) groups excluding carboxylic acids is 2. The van der Waals surface area contributed by atoms with Crippen LogP contribution in [0, 0.1) is 6.92 Å². The Bertz CT molecular complexity index is 394. The highest BCUT2D eigenvalue weighted by Crippen LogP contribution is 2.20. The molecular weight excluding hydrogens is 192 g/mol. The van der Waals surface area contributed by atoms with E-state index in [0.29, 0.717) is 6.42 Å². The lowest BCUT2D eigenvalue weighted by atomic mass is 10.0. The molecule has 0 aliphatic rings. The van der Waals surface area contributed by atoms with E-state index in [1.54, 1.807) is 19.1 Å². The van der Waals surface area contributed by atoms with Gasteiger partial charge in [-0.15, -0.1) is 0 Å². The number of hydrogen-bond acceptors (Lipinski definition) is 3. The number of aromatic hydroxyl groups is 1. The summed E-state index contributed by atoms with van der Waals surface area (Å²) >= 11 is 0. The molecule has 0 aromatic heterocycles. The lowest BCUT2D eigenvalue weighted by Gasteiger charge is -2.03.